The van der Waals surface area contributed by atoms with Gasteiger partial charge in [0.05, 0.1) is 4.90 Å². The van der Waals surface area contributed by atoms with Gasteiger partial charge in [-0.25, -0.2) is 8.42 Å². The van der Waals surface area contributed by atoms with E-state index in [1.54, 1.807) is 39.9 Å². The summed E-state index contributed by atoms with van der Waals surface area (Å²) in [6, 6.07) is 12.8. The van der Waals surface area contributed by atoms with Crippen molar-refractivity contribution in [2.45, 2.75) is 30.2 Å². The lowest BCUT2D eigenvalue weighted by atomic mass is 10.1. The van der Waals surface area contributed by atoms with Crippen LogP contribution in [0.1, 0.15) is 17.7 Å². The maximum Gasteiger partial charge on any atom is 0.243 e. The highest BCUT2D eigenvalue weighted by Crippen LogP contribution is 2.24. The number of thiophene rings is 1. The van der Waals surface area contributed by atoms with Crippen LogP contribution in [-0.2, 0) is 21.2 Å². The minimum absolute atomic E-state index is 0.0221. The third kappa shape index (κ3) is 4.01. The summed E-state index contributed by atoms with van der Waals surface area (Å²) >= 11 is 1.67. The lowest BCUT2D eigenvalue weighted by molar-refractivity contribution is 0.0587. The summed E-state index contributed by atoms with van der Waals surface area (Å²) in [5, 5.41) is 2.03. The van der Waals surface area contributed by atoms with Crippen LogP contribution in [0.5, 0.6) is 0 Å². The predicted octanol–water partition coefficient (Wildman–Crippen LogP) is 3.16. The van der Waals surface area contributed by atoms with Crippen molar-refractivity contribution >= 4 is 21.4 Å². The summed E-state index contributed by atoms with van der Waals surface area (Å²) in [5.74, 6) is 0. The first kappa shape index (κ1) is 16.6. The van der Waals surface area contributed by atoms with Crippen molar-refractivity contribution in [2.75, 3.05) is 19.8 Å². The third-order valence-electron chi connectivity index (χ3n) is 4.11. The Hall–Kier alpha value is -1.21. The molecule has 6 heteroatoms. The zero-order valence-corrected chi connectivity index (χ0v) is 14.6. The van der Waals surface area contributed by atoms with Crippen LogP contribution in [0.3, 0.4) is 0 Å². The molecule has 2 aromatic rings. The van der Waals surface area contributed by atoms with E-state index in [4.69, 9.17) is 4.74 Å². The number of rotatable bonds is 6. The average molecular weight is 351 g/mol. The fraction of sp³-hybridized carbons (Fsp3) is 0.412. The van der Waals surface area contributed by atoms with E-state index in [0.717, 1.165) is 19.3 Å². The first-order valence-corrected chi connectivity index (χ1v) is 10.2. The van der Waals surface area contributed by atoms with Crippen molar-refractivity contribution in [2.24, 2.45) is 0 Å². The quantitative estimate of drug-likeness (QED) is 0.803. The summed E-state index contributed by atoms with van der Waals surface area (Å²) in [6.07, 6.45) is 2.27. The molecule has 0 unspecified atom stereocenters. The Morgan fingerprint density at radius 1 is 1.09 bits per heavy atom. The van der Waals surface area contributed by atoms with Gasteiger partial charge >= 0.3 is 0 Å². The molecule has 1 aromatic heterocycles. The second-order valence-corrected chi connectivity index (χ2v) is 8.52. The van der Waals surface area contributed by atoms with E-state index in [2.05, 4.69) is 6.07 Å². The zero-order chi connectivity index (χ0) is 16.1. The van der Waals surface area contributed by atoms with Crippen molar-refractivity contribution in [1.29, 1.82) is 0 Å². The van der Waals surface area contributed by atoms with Gasteiger partial charge < -0.3 is 4.74 Å². The lowest BCUT2D eigenvalue weighted by Crippen LogP contribution is -2.44. The maximum absolute atomic E-state index is 13.1. The van der Waals surface area contributed by atoms with Gasteiger partial charge in [0.15, 0.2) is 0 Å². The molecule has 1 aliphatic rings. The first-order valence-electron chi connectivity index (χ1n) is 7.85. The van der Waals surface area contributed by atoms with Crippen LogP contribution in [-0.4, -0.2) is 38.5 Å². The molecule has 1 aliphatic heterocycles. The average Bonchev–Trinajstić information content (AvgIpc) is 3.10. The lowest BCUT2D eigenvalue weighted by Gasteiger charge is -2.33. The highest BCUT2D eigenvalue weighted by atomic mass is 32.2. The normalized spacial score (nSPS) is 16.7. The van der Waals surface area contributed by atoms with Crippen molar-refractivity contribution < 1.29 is 13.2 Å². The largest absolute Gasteiger partial charge is 0.381 e. The first-order chi connectivity index (χ1) is 11.2. The van der Waals surface area contributed by atoms with Crippen LogP contribution in [0.4, 0.5) is 0 Å². The van der Waals surface area contributed by atoms with Gasteiger partial charge in [0.25, 0.3) is 0 Å². The second kappa shape index (κ2) is 7.57. The second-order valence-electron chi connectivity index (χ2n) is 5.60. The van der Waals surface area contributed by atoms with Gasteiger partial charge in [-0.1, -0.05) is 24.3 Å². The summed E-state index contributed by atoms with van der Waals surface area (Å²) in [5.41, 5.74) is 0. The van der Waals surface area contributed by atoms with E-state index in [-0.39, 0.29) is 6.04 Å². The van der Waals surface area contributed by atoms with E-state index in [0.29, 0.717) is 24.7 Å². The van der Waals surface area contributed by atoms with E-state index < -0.39 is 10.0 Å². The molecule has 1 fully saturated rings. The predicted molar refractivity (Wildman–Crippen MR) is 92.2 cm³/mol. The summed E-state index contributed by atoms with van der Waals surface area (Å²) < 4.78 is 33.2. The fourth-order valence-corrected chi connectivity index (χ4v) is 5.28. The maximum atomic E-state index is 13.1. The number of hydrogen-bond donors (Lipinski definition) is 0. The van der Waals surface area contributed by atoms with Crippen LogP contribution in [0.15, 0.2) is 52.7 Å². The number of hydrogen-bond acceptors (Lipinski definition) is 4. The van der Waals surface area contributed by atoms with E-state index in [9.17, 15) is 8.42 Å². The molecular weight excluding hydrogens is 330 g/mol. The van der Waals surface area contributed by atoms with E-state index in [1.165, 1.54) is 4.88 Å². The minimum atomic E-state index is -3.47. The van der Waals surface area contributed by atoms with Crippen molar-refractivity contribution in [3.8, 4) is 0 Å². The molecule has 23 heavy (non-hydrogen) atoms. The molecule has 3 rings (SSSR count). The van der Waals surface area contributed by atoms with E-state index in [1.807, 2.05) is 17.5 Å². The van der Waals surface area contributed by atoms with Gasteiger partial charge in [-0.3, -0.25) is 0 Å². The highest BCUT2D eigenvalue weighted by Gasteiger charge is 2.32. The van der Waals surface area contributed by atoms with Gasteiger partial charge in [-0.2, -0.15) is 4.31 Å². The van der Waals surface area contributed by atoms with Crippen molar-refractivity contribution in [1.82, 2.24) is 4.31 Å². The molecule has 124 valence electrons. The van der Waals surface area contributed by atoms with Crippen molar-refractivity contribution in [3.05, 3.63) is 52.7 Å². The molecule has 0 spiro atoms. The SMILES string of the molecule is O=S(=O)(c1ccccc1)N(CCc1cccs1)C1CCOCC1. The Morgan fingerprint density at radius 2 is 1.83 bits per heavy atom. The van der Waals surface area contributed by atoms with Gasteiger partial charge in [-0.15, -0.1) is 11.3 Å². The van der Waals surface area contributed by atoms with Crippen molar-refractivity contribution in [3.63, 3.8) is 0 Å². The Morgan fingerprint density at radius 3 is 2.48 bits per heavy atom. The van der Waals surface area contributed by atoms with Crippen LogP contribution in [0.2, 0.25) is 0 Å². The molecule has 4 nitrogen and oxygen atoms in total. The minimum Gasteiger partial charge on any atom is -0.381 e. The Bertz CT molecular complexity index is 693. The number of ether oxygens (including phenoxy) is 1. The Kier molecular flexibility index (Phi) is 5.48. The third-order valence-corrected chi connectivity index (χ3v) is 7.01. The van der Waals surface area contributed by atoms with Crippen LogP contribution >= 0.6 is 11.3 Å². The highest BCUT2D eigenvalue weighted by molar-refractivity contribution is 7.89. The molecule has 1 saturated heterocycles. The molecule has 0 N–H and O–H groups in total. The summed E-state index contributed by atoms with van der Waals surface area (Å²) in [4.78, 5) is 1.59. The molecule has 0 atom stereocenters. The number of benzene rings is 1. The molecule has 1 aromatic carbocycles. The topological polar surface area (TPSA) is 46.6 Å². The summed E-state index contributed by atoms with van der Waals surface area (Å²) in [6.45, 7) is 1.78. The number of nitrogens with zero attached hydrogens (tertiary/aromatic N) is 1. The standard InChI is InChI=1S/C17H21NO3S2/c19-23(20,17-6-2-1-3-7-17)18(15-9-12-21-13-10-15)11-8-16-5-4-14-22-16/h1-7,14-15H,8-13H2. The Labute approximate surface area is 141 Å². The fourth-order valence-electron chi connectivity index (χ4n) is 2.88. The molecule has 0 aliphatic carbocycles. The number of sulfonamides is 1. The monoisotopic (exact) mass is 351 g/mol. The van der Waals surface area contributed by atoms with Gasteiger partial charge in [0, 0.05) is 30.7 Å². The van der Waals surface area contributed by atoms with Crippen LogP contribution in [0, 0.1) is 0 Å². The molecule has 0 amide bonds. The van der Waals surface area contributed by atoms with E-state index >= 15 is 0 Å². The van der Waals surface area contributed by atoms with Gasteiger partial charge in [0.2, 0.25) is 10.0 Å². The van der Waals surface area contributed by atoms with Gasteiger partial charge in [-0.05, 0) is 42.8 Å². The van der Waals surface area contributed by atoms with Gasteiger partial charge in [0.1, 0.15) is 0 Å². The molecule has 0 saturated carbocycles. The zero-order valence-electron chi connectivity index (χ0n) is 12.9. The summed E-state index contributed by atoms with van der Waals surface area (Å²) in [7, 11) is -3.47. The molecule has 0 radical (unpaired) electrons. The Balaban J connectivity index is 1.84. The molecular formula is C17H21NO3S2. The molecule has 2 heterocycles. The van der Waals surface area contributed by atoms with Crippen LogP contribution < -0.4 is 0 Å². The van der Waals surface area contributed by atoms with Crippen LogP contribution in [0.25, 0.3) is 0 Å². The smallest absolute Gasteiger partial charge is 0.243 e. The molecule has 0 bridgehead atoms.